The lowest BCUT2D eigenvalue weighted by atomic mass is 10.2. The average Bonchev–Trinajstić information content (AvgIpc) is 2.13. The maximum absolute atomic E-state index is 10.6. The smallest absolute Gasteiger partial charge is 0.310 e. The zero-order valence-corrected chi connectivity index (χ0v) is 8.93. The van der Waals surface area contributed by atoms with Gasteiger partial charge >= 0.3 is 5.70 Å². The van der Waals surface area contributed by atoms with Crippen LogP contribution in [0.2, 0.25) is 0 Å². The summed E-state index contributed by atoms with van der Waals surface area (Å²) < 4.78 is 0.0190. The molecule has 0 aliphatic heterocycles. The third-order valence-electron chi connectivity index (χ3n) is 1.26. The minimum absolute atomic E-state index is 0.0190. The Balaban J connectivity index is 5.45. The third-order valence-corrected chi connectivity index (χ3v) is 1.84. The fourth-order valence-electron chi connectivity index (χ4n) is 0.709. The van der Waals surface area contributed by atoms with Crippen LogP contribution in [0.25, 0.3) is 0 Å². The molecule has 0 unspecified atom stereocenters. The zero-order valence-electron chi connectivity index (χ0n) is 7.35. The highest BCUT2D eigenvalue weighted by molar-refractivity contribution is 9.12. The van der Waals surface area contributed by atoms with Gasteiger partial charge in [-0.05, 0) is 22.0 Å². The van der Waals surface area contributed by atoms with Crippen LogP contribution in [0.15, 0.2) is 33.0 Å². The van der Waals surface area contributed by atoms with Gasteiger partial charge in [0, 0.05) is 7.05 Å². The van der Waals surface area contributed by atoms with Crippen LogP contribution in [0.5, 0.6) is 0 Å². The number of allylic oxidation sites excluding steroid dienone is 2. The fourth-order valence-corrected chi connectivity index (χ4v) is 1.15. The lowest BCUT2D eigenvalue weighted by molar-refractivity contribution is -0.415. The second-order valence-electron chi connectivity index (χ2n) is 2.01. The third kappa shape index (κ3) is 3.09. The first-order valence-electron chi connectivity index (χ1n) is 3.39. The van der Waals surface area contributed by atoms with Gasteiger partial charge in [0.1, 0.15) is 10.2 Å². The molecule has 6 nitrogen and oxygen atoms in total. The Hall–Kier alpha value is -1.50. The molecule has 0 saturated heterocycles. The van der Waals surface area contributed by atoms with E-state index in [2.05, 4.69) is 32.7 Å². The second kappa shape index (κ2) is 6.03. The minimum atomic E-state index is -0.643. The predicted molar refractivity (Wildman–Crippen MR) is 56.8 cm³/mol. The summed E-state index contributed by atoms with van der Waals surface area (Å²) in [4.78, 5) is 13.6. The summed E-state index contributed by atoms with van der Waals surface area (Å²) in [5, 5.41) is 21.5. The molecule has 76 valence electrons. The van der Waals surface area contributed by atoms with Crippen LogP contribution >= 0.6 is 15.9 Å². The second-order valence-corrected chi connectivity index (χ2v) is 2.87. The van der Waals surface area contributed by atoms with Crippen LogP contribution in [-0.4, -0.2) is 29.1 Å². The molecule has 0 aromatic heterocycles. The molecular weight excluding hydrogens is 254 g/mol. The van der Waals surface area contributed by atoms with E-state index in [1.54, 1.807) is 0 Å². The van der Waals surface area contributed by atoms with Gasteiger partial charge in [-0.2, -0.15) is 0 Å². The normalized spacial score (nSPS) is 14.0. The van der Waals surface area contributed by atoms with E-state index in [-0.39, 0.29) is 15.9 Å². The van der Waals surface area contributed by atoms with E-state index in [9.17, 15) is 10.1 Å². The van der Waals surface area contributed by atoms with Crippen molar-refractivity contribution in [2.75, 3.05) is 7.05 Å². The molecule has 0 rings (SSSR count). The van der Waals surface area contributed by atoms with E-state index in [4.69, 9.17) is 5.21 Å². The van der Waals surface area contributed by atoms with Gasteiger partial charge in [0.2, 0.25) is 0 Å². The van der Waals surface area contributed by atoms with Crippen LogP contribution in [0.1, 0.15) is 0 Å². The standard InChI is InChI=1S/C7H8BrN3O3/c1-3-6(9-2)7(11(13)14)5(8)4-10-12/h3-4,12H,1H2,2H3. The largest absolute Gasteiger partial charge is 0.411 e. The lowest BCUT2D eigenvalue weighted by Crippen LogP contribution is -2.11. The Kier molecular flexibility index (Phi) is 5.38. The van der Waals surface area contributed by atoms with Gasteiger partial charge < -0.3 is 5.21 Å². The summed E-state index contributed by atoms with van der Waals surface area (Å²) in [7, 11) is 1.40. The maximum Gasteiger partial charge on any atom is 0.310 e. The number of hydrogen-bond acceptors (Lipinski definition) is 5. The van der Waals surface area contributed by atoms with E-state index >= 15 is 0 Å². The van der Waals surface area contributed by atoms with E-state index < -0.39 is 4.92 Å². The van der Waals surface area contributed by atoms with Crippen LogP contribution in [0.3, 0.4) is 0 Å². The summed E-state index contributed by atoms with van der Waals surface area (Å²) >= 11 is 2.89. The molecular formula is C7H8BrN3O3. The van der Waals surface area contributed by atoms with Gasteiger partial charge in [0.15, 0.2) is 0 Å². The van der Waals surface area contributed by atoms with Gasteiger partial charge in [0.25, 0.3) is 0 Å². The van der Waals surface area contributed by atoms with Gasteiger partial charge in [-0.25, -0.2) is 0 Å². The number of nitrogens with zero attached hydrogens (tertiary/aromatic N) is 3. The van der Waals surface area contributed by atoms with Gasteiger partial charge in [-0.3, -0.25) is 15.1 Å². The molecule has 0 heterocycles. The number of hydrogen-bond donors (Lipinski definition) is 1. The molecule has 0 fully saturated rings. The first-order chi connectivity index (χ1) is 6.58. The minimum Gasteiger partial charge on any atom is -0.411 e. The molecule has 0 bridgehead atoms. The number of oxime groups is 1. The fraction of sp³-hybridized carbons (Fsp3) is 0.143. The maximum atomic E-state index is 10.6. The van der Waals surface area contributed by atoms with Crippen molar-refractivity contribution >= 4 is 27.9 Å². The van der Waals surface area contributed by atoms with E-state index in [1.807, 2.05) is 0 Å². The van der Waals surface area contributed by atoms with Crippen molar-refractivity contribution in [2.24, 2.45) is 10.1 Å². The lowest BCUT2D eigenvalue weighted by Gasteiger charge is -1.97. The summed E-state index contributed by atoms with van der Waals surface area (Å²) in [6.45, 7) is 3.38. The number of nitro groups is 1. The highest BCUT2D eigenvalue weighted by Crippen LogP contribution is 2.13. The number of aliphatic imine (C=N–C) groups is 1. The Morgan fingerprint density at radius 1 is 1.71 bits per heavy atom. The topological polar surface area (TPSA) is 88.1 Å². The molecule has 0 radical (unpaired) electrons. The summed E-state index contributed by atoms with van der Waals surface area (Å²) in [6.07, 6.45) is 2.14. The van der Waals surface area contributed by atoms with Crippen LogP contribution in [0.4, 0.5) is 0 Å². The first-order valence-corrected chi connectivity index (χ1v) is 4.19. The Morgan fingerprint density at radius 3 is 2.57 bits per heavy atom. The van der Waals surface area contributed by atoms with E-state index in [0.29, 0.717) is 0 Å². The Bertz CT molecular complexity index is 333. The molecule has 1 N–H and O–H groups in total. The van der Waals surface area contributed by atoms with Crippen molar-refractivity contribution in [1.82, 2.24) is 0 Å². The van der Waals surface area contributed by atoms with Crippen molar-refractivity contribution in [2.45, 2.75) is 0 Å². The molecule has 0 spiro atoms. The number of rotatable bonds is 4. The summed E-state index contributed by atoms with van der Waals surface area (Å²) in [5.41, 5.74) is -0.206. The molecule has 0 aromatic rings. The Labute approximate surface area is 88.6 Å². The van der Waals surface area contributed by atoms with Gasteiger partial charge in [0.05, 0.1) is 11.1 Å². The Morgan fingerprint density at radius 2 is 2.29 bits per heavy atom. The van der Waals surface area contributed by atoms with Crippen molar-refractivity contribution in [3.63, 3.8) is 0 Å². The molecule has 7 heteroatoms. The molecule has 14 heavy (non-hydrogen) atoms. The molecule has 0 aromatic carbocycles. The van der Waals surface area contributed by atoms with Crippen LogP contribution in [0, 0.1) is 10.1 Å². The molecule has 0 amide bonds. The summed E-state index contributed by atoms with van der Waals surface area (Å²) in [5.74, 6) is 0. The van der Waals surface area contributed by atoms with Crippen molar-refractivity contribution in [3.8, 4) is 0 Å². The van der Waals surface area contributed by atoms with Gasteiger partial charge in [-0.1, -0.05) is 11.7 Å². The quantitative estimate of drug-likeness (QED) is 0.361. The number of halogens is 1. The zero-order chi connectivity index (χ0) is 11.1. The highest BCUT2D eigenvalue weighted by atomic mass is 79.9. The van der Waals surface area contributed by atoms with Crippen LogP contribution in [-0.2, 0) is 0 Å². The average molecular weight is 262 g/mol. The van der Waals surface area contributed by atoms with Crippen molar-refractivity contribution in [3.05, 3.63) is 32.9 Å². The molecule has 0 atom stereocenters. The van der Waals surface area contributed by atoms with Crippen LogP contribution < -0.4 is 0 Å². The molecule has 0 aliphatic carbocycles. The summed E-state index contributed by atoms with van der Waals surface area (Å²) in [6, 6.07) is 0. The monoisotopic (exact) mass is 261 g/mol. The van der Waals surface area contributed by atoms with Gasteiger partial charge in [-0.15, -0.1) is 0 Å². The van der Waals surface area contributed by atoms with E-state index in [1.165, 1.54) is 13.1 Å². The first kappa shape index (κ1) is 12.5. The van der Waals surface area contributed by atoms with Crippen molar-refractivity contribution < 1.29 is 10.1 Å². The van der Waals surface area contributed by atoms with Crippen molar-refractivity contribution in [1.29, 1.82) is 0 Å². The molecule has 0 saturated carbocycles. The predicted octanol–water partition coefficient (Wildman–Crippen LogP) is 1.59. The SMILES string of the molecule is C=CC(=NC)C(=C(Br)C=NO)[N+](=O)[O-]. The highest BCUT2D eigenvalue weighted by Gasteiger charge is 2.20. The van der Waals surface area contributed by atoms with E-state index in [0.717, 1.165) is 6.21 Å². The molecule has 0 aliphatic rings.